The van der Waals surface area contributed by atoms with Crippen LogP contribution in [-0.2, 0) is 11.9 Å². The molecule has 1 heterocycles. The zero-order chi connectivity index (χ0) is 8.97. The summed E-state index contributed by atoms with van der Waals surface area (Å²) in [5, 5.41) is 0. The highest BCUT2D eigenvalue weighted by molar-refractivity contribution is 5.91. The highest BCUT2D eigenvalue weighted by atomic mass is 16.6. The van der Waals surface area contributed by atoms with Crippen LogP contribution in [0.1, 0.15) is 17.4 Å². The van der Waals surface area contributed by atoms with E-state index in [9.17, 15) is 4.79 Å². The Labute approximate surface area is 70.3 Å². The third-order valence-electron chi connectivity index (χ3n) is 1.25. The number of imidazole rings is 1. The van der Waals surface area contributed by atoms with Crippen LogP contribution in [0.5, 0.6) is 0 Å². The maximum absolute atomic E-state index is 11.1. The fourth-order valence-electron chi connectivity index (χ4n) is 0.720. The highest BCUT2D eigenvalue weighted by Crippen LogP contribution is 1.92. The maximum Gasteiger partial charge on any atom is 0.295 e. The van der Waals surface area contributed by atoms with Crippen molar-refractivity contribution in [1.29, 1.82) is 0 Å². The zero-order valence-electron chi connectivity index (χ0n) is 7.07. The number of carbonyl (C=O) groups is 1. The lowest BCUT2D eigenvalue weighted by Crippen LogP contribution is -2.23. The van der Waals surface area contributed by atoms with Crippen molar-refractivity contribution in [1.82, 2.24) is 15.0 Å². The van der Waals surface area contributed by atoms with Gasteiger partial charge in [0.2, 0.25) is 0 Å². The van der Waals surface area contributed by atoms with Gasteiger partial charge in [-0.3, -0.25) is 9.63 Å². The summed E-state index contributed by atoms with van der Waals surface area (Å²) in [4.78, 5) is 19.7. The van der Waals surface area contributed by atoms with Gasteiger partial charge in [-0.15, -0.1) is 0 Å². The van der Waals surface area contributed by atoms with Gasteiger partial charge in [-0.1, -0.05) is 0 Å². The van der Waals surface area contributed by atoms with Gasteiger partial charge in [-0.25, -0.2) is 10.5 Å². The van der Waals surface area contributed by atoms with E-state index in [0.29, 0.717) is 12.3 Å². The predicted octanol–water partition coefficient (Wildman–Crippen LogP) is 0.101. The van der Waals surface area contributed by atoms with Gasteiger partial charge in [-0.05, 0) is 6.92 Å². The minimum atomic E-state index is -0.322. The zero-order valence-corrected chi connectivity index (χ0v) is 7.07. The van der Waals surface area contributed by atoms with Crippen LogP contribution in [0, 0.1) is 0 Å². The number of rotatable bonds is 3. The van der Waals surface area contributed by atoms with Crippen LogP contribution in [0.25, 0.3) is 0 Å². The predicted molar refractivity (Wildman–Crippen MR) is 42.3 cm³/mol. The first kappa shape index (κ1) is 8.73. The van der Waals surface area contributed by atoms with Gasteiger partial charge in [-0.2, -0.15) is 0 Å². The lowest BCUT2D eigenvalue weighted by atomic mass is 10.5. The molecule has 12 heavy (non-hydrogen) atoms. The molecule has 0 saturated heterocycles. The van der Waals surface area contributed by atoms with Crippen molar-refractivity contribution in [2.45, 2.75) is 6.92 Å². The molecule has 0 bridgehead atoms. The molecule has 0 fully saturated rings. The Kier molecular flexibility index (Phi) is 2.82. The quantitative estimate of drug-likeness (QED) is 0.653. The standard InChI is InChI=1S/C7H11N3O2/c1-3-12-9-7(11)6-4-10(2)5-8-6/h4-5H,3H2,1-2H3,(H,9,11). The Bertz CT molecular complexity index is 269. The van der Waals surface area contributed by atoms with E-state index in [4.69, 9.17) is 4.84 Å². The molecular weight excluding hydrogens is 158 g/mol. The smallest absolute Gasteiger partial charge is 0.295 e. The van der Waals surface area contributed by atoms with Crippen molar-refractivity contribution < 1.29 is 9.63 Å². The molecule has 1 aromatic heterocycles. The second-order valence-electron chi connectivity index (χ2n) is 2.29. The van der Waals surface area contributed by atoms with Gasteiger partial charge < -0.3 is 4.57 Å². The van der Waals surface area contributed by atoms with Crippen LogP contribution >= 0.6 is 0 Å². The SMILES string of the molecule is CCONC(=O)c1cn(C)cn1. The largest absolute Gasteiger partial charge is 0.340 e. The summed E-state index contributed by atoms with van der Waals surface area (Å²) in [6, 6.07) is 0. The summed E-state index contributed by atoms with van der Waals surface area (Å²) >= 11 is 0. The van der Waals surface area contributed by atoms with Crippen LogP contribution in [0.2, 0.25) is 0 Å². The van der Waals surface area contributed by atoms with Crippen LogP contribution in [0.15, 0.2) is 12.5 Å². The summed E-state index contributed by atoms with van der Waals surface area (Å²) in [5.74, 6) is -0.322. The number of hydroxylamine groups is 1. The van der Waals surface area contributed by atoms with Crippen LogP contribution < -0.4 is 5.48 Å². The lowest BCUT2D eigenvalue weighted by Gasteiger charge is -1.99. The van der Waals surface area contributed by atoms with Crippen molar-refractivity contribution in [3.8, 4) is 0 Å². The summed E-state index contributed by atoms with van der Waals surface area (Å²) in [6.45, 7) is 2.23. The Morgan fingerprint density at radius 3 is 3.08 bits per heavy atom. The topological polar surface area (TPSA) is 56.1 Å². The van der Waals surface area contributed by atoms with Crippen molar-refractivity contribution in [2.24, 2.45) is 7.05 Å². The Balaban J connectivity index is 2.53. The van der Waals surface area contributed by atoms with E-state index in [1.807, 2.05) is 0 Å². The third kappa shape index (κ3) is 2.06. The van der Waals surface area contributed by atoms with E-state index < -0.39 is 0 Å². The Morgan fingerprint density at radius 2 is 2.58 bits per heavy atom. The van der Waals surface area contributed by atoms with Crippen molar-refractivity contribution >= 4 is 5.91 Å². The number of hydrogen-bond donors (Lipinski definition) is 1. The molecule has 66 valence electrons. The molecule has 0 atom stereocenters. The van der Waals surface area contributed by atoms with E-state index in [-0.39, 0.29) is 5.91 Å². The number of aromatic nitrogens is 2. The molecule has 0 unspecified atom stereocenters. The molecule has 5 nitrogen and oxygen atoms in total. The van der Waals surface area contributed by atoms with Crippen LogP contribution in [0.4, 0.5) is 0 Å². The average molecular weight is 169 g/mol. The molecule has 0 aromatic carbocycles. The minimum Gasteiger partial charge on any atom is -0.340 e. The summed E-state index contributed by atoms with van der Waals surface area (Å²) < 4.78 is 1.70. The number of carbonyl (C=O) groups excluding carboxylic acids is 1. The molecule has 0 aliphatic carbocycles. The number of hydrogen-bond acceptors (Lipinski definition) is 3. The minimum absolute atomic E-state index is 0.322. The number of nitrogens with zero attached hydrogens (tertiary/aromatic N) is 2. The van der Waals surface area contributed by atoms with Gasteiger partial charge in [0.05, 0.1) is 12.9 Å². The number of nitrogens with one attached hydrogen (secondary N) is 1. The van der Waals surface area contributed by atoms with Gasteiger partial charge >= 0.3 is 0 Å². The fraction of sp³-hybridized carbons (Fsp3) is 0.429. The van der Waals surface area contributed by atoms with E-state index in [2.05, 4.69) is 10.5 Å². The van der Waals surface area contributed by atoms with Crippen molar-refractivity contribution in [3.05, 3.63) is 18.2 Å². The van der Waals surface area contributed by atoms with Gasteiger partial charge in [0.1, 0.15) is 5.69 Å². The molecule has 1 aromatic rings. The molecule has 0 saturated carbocycles. The van der Waals surface area contributed by atoms with Crippen LogP contribution in [0.3, 0.4) is 0 Å². The second-order valence-corrected chi connectivity index (χ2v) is 2.29. The normalized spacial score (nSPS) is 9.83. The molecule has 1 amide bonds. The highest BCUT2D eigenvalue weighted by Gasteiger charge is 2.06. The number of aryl methyl sites for hydroxylation is 1. The summed E-state index contributed by atoms with van der Waals surface area (Å²) in [7, 11) is 1.80. The number of amides is 1. The van der Waals surface area contributed by atoms with Crippen molar-refractivity contribution in [3.63, 3.8) is 0 Å². The van der Waals surface area contributed by atoms with Gasteiger partial charge in [0.15, 0.2) is 0 Å². The first-order valence-corrected chi connectivity index (χ1v) is 3.64. The monoisotopic (exact) mass is 169 g/mol. The van der Waals surface area contributed by atoms with Crippen LogP contribution in [-0.4, -0.2) is 22.1 Å². The molecule has 0 spiro atoms. The molecule has 0 aliphatic rings. The maximum atomic E-state index is 11.1. The molecule has 0 radical (unpaired) electrons. The first-order chi connectivity index (χ1) is 5.74. The molecule has 5 heteroatoms. The van der Waals surface area contributed by atoms with E-state index in [0.717, 1.165) is 0 Å². The fourth-order valence-corrected chi connectivity index (χ4v) is 0.720. The molecular formula is C7H11N3O2. The second kappa shape index (κ2) is 3.87. The van der Waals surface area contributed by atoms with E-state index in [1.54, 1.807) is 31.1 Å². The van der Waals surface area contributed by atoms with Gasteiger partial charge in [0, 0.05) is 13.2 Å². The first-order valence-electron chi connectivity index (χ1n) is 3.64. The van der Waals surface area contributed by atoms with E-state index >= 15 is 0 Å². The van der Waals surface area contributed by atoms with Crippen molar-refractivity contribution in [2.75, 3.05) is 6.61 Å². The molecule has 1 rings (SSSR count). The molecule has 0 aliphatic heterocycles. The third-order valence-corrected chi connectivity index (χ3v) is 1.25. The summed E-state index contributed by atoms with van der Waals surface area (Å²) in [6.07, 6.45) is 3.18. The summed E-state index contributed by atoms with van der Waals surface area (Å²) in [5.41, 5.74) is 2.60. The Hall–Kier alpha value is -1.36. The van der Waals surface area contributed by atoms with E-state index in [1.165, 1.54) is 0 Å². The lowest BCUT2D eigenvalue weighted by molar-refractivity contribution is 0.0360. The average Bonchev–Trinajstić information content (AvgIpc) is 2.47. The molecule has 1 N–H and O–H groups in total. The van der Waals surface area contributed by atoms with Gasteiger partial charge in [0.25, 0.3) is 5.91 Å². The Morgan fingerprint density at radius 1 is 1.83 bits per heavy atom.